The Morgan fingerprint density at radius 3 is 2.47 bits per heavy atom. The lowest BCUT2D eigenvalue weighted by atomic mass is 10.1. The van der Waals surface area contributed by atoms with Crippen molar-refractivity contribution in [2.75, 3.05) is 11.5 Å². The van der Waals surface area contributed by atoms with Crippen LogP contribution in [0.1, 0.15) is 36.2 Å². The minimum absolute atomic E-state index is 0.0523. The van der Waals surface area contributed by atoms with Crippen LogP contribution in [0.3, 0.4) is 0 Å². The van der Waals surface area contributed by atoms with E-state index in [9.17, 15) is 4.79 Å². The second-order valence-electron chi connectivity index (χ2n) is 4.30. The fourth-order valence-corrected chi connectivity index (χ4v) is 2.51. The van der Waals surface area contributed by atoms with Crippen LogP contribution < -0.4 is 11.1 Å². The van der Waals surface area contributed by atoms with E-state index in [-0.39, 0.29) is 11.9 Å². The SMILES string of the molecule is CCSCCC(C)NC(=O)c1ccc(C(N)=S)cc1. The Morgan fingerprint density at radius 1 is 1.37 bits per heavy atom. The quantitative estimate of drug-likeness (QED) is 0.600. The molecule has 0 heterocycles. The zero-order valence-corrected chi connectivity index (χ0v) is 12.9. The number of nitrogens with one attached hydrogen (secondary N) is 1. The number of thioether (sulfide) groups is 1. The van der Waals surface area contributed by atoms with E-state index in [2.05, 4.69) is 12.2 Å². The average Bonchev–Trinajstić information content (AvgIpc) is 2.39. The Kier molecular flexibility index (Phi) is 6.87. The van der Waals surface area contributed by atoms with Gasteiger partial charge in [-0.2, -0.15) is 11.8 Å². The van der Waals surface area contributed by atoms with Gasteiger partial charge >= 0.3 is 0 Å². The summed E-state index contributed by atoms with van der Waals surface area (Å²) in [5.74, 6) is 2.13. The molecule has 0 radical (unpaired) electrons. The molecule has 1 unspecified atom stereocenters. The second kappa shape index (κ2) is 8.17. The summed E-state index contributed by atoms with van der Waals surface area (Å²) in [5.41, 5.74) is 6.93. The highest BCUT2D eigenvalue weighted by atomic mass is 32.2. The van der Waals surface area contributed by atoms with Gasteiger partial charge in [-0.05, 0) is 37.0 Å². The molecule has 0 saturated carbocycles. The largest absolute Gasteiger partial charge is 0.389 e. The third-order valence-corrected chi connectivity index (χ3v) is 3.88. The van der Waals surface area contributed by atoms with Crippen molar-refractivity contribution in [2.24, 2.45) is 5.73 Å². The van der Waals surface area contributed by atoms with Crippen molar-refractivity contribution in [1.82, 2.24) is 5.32 Å². The molecule has 3 N–H and O–H groups in total. The molecule has 1 atom stereocenters. The van der Waals surface area contributed by atoms with Crippen LogP contribution >= 0.6 is 24.0 Å². The van der Waals surface area contributed by atoms with Crippen molar-refractivity contribution in [3.8, 4) is 0 Å². The number of nitrogens with two attached hydrogens (primary N) is 1. The van der Waals surface area contributed by atoms with E-state index in [1.54, 1.807) is 24.3 Å². The van der Waals surface area contributed by atoms with Gasteiger partial charge in [-0.25, -0.2) is 0 Å². The summed E-state index contributed by atoms with van der Waals surface area (Å²) in [6, 6.07) is 7.22. The minimum atomic E-state index is -0.0523. The Morgan fingerprint density at radius 2 is 1.95 bits per heavy atom. The van der Waals surface area contributed by atoms with Crippen molar-refractivity contribution < 1.29 is 4.79 Å². The monoisotopic (exact) mass is 296 g/mol. The highest BCUT2D eigenvalue weighted by Gasteiger charge is 2.09. The lowest BCUT2D eigenvalue weighted by Crippen LogP contribution is -2.33. The minimum Gasteiger partial charge on any atom is -0.389 e. The van der Waals surface area contributed by atoms with Gasteiger partial charge in [-0.3, -0.25) is 4.79 Å². The molecule has 0 fully saturated rings. The zero-order chi connectivity index (χ0) is 14.3. The molecular weight excluding hydrogens is 276 g/mol. The third kappa shape index (κ3) is 5.61. The molecule has 1 rings (SSSR count). The normalized spacial score (nSPS) is 11.9. The van der Waals surface area contributed by atoms with Gasteiger partial charge in [0.25, 0.3) is 5.91 Å². The van der Waals surface area contributed by atoms with Crippen molar-refractivity contribution in [3.63, 3.8) is 0 Å². The number of benzene rings is 1. The highest BCUT2D eigenvalue weighted by Crippen LogP contribution is 2.07. The van der Waals surface area contributed by atoms with Crippen molar-refractivity contribution >= 4 is 34.9 Å². The highest BCUT2D eigenvalue weighted by molar-refractivity contribution is 7.99. The van der Waals surface area contributed by atoms with E-state index in [0.717, 1.165) is 23.5 Å². The van der Waals surface area contributed by atoms with Gasteiger partial charge in [0, 0.05) is 17.2 Å². The molecule has 1 amide bonds. The van der Waals surface area contributed by atoms with Gasteiger partial charge in [-0.1, -0.05) is 31.3 Å². The Bertz CT molecular complexity index is 432. The number of rotatable bonds is 7. The molecule has 104 valence electrons. The molecule has 0 bridgehead atoms. The van der Waals surface area contributed by atoms with Crippen LogP contribution in [-0.2, 0) is 0 Å². The van der Waals surface area contributed by atoms with Gasteiger partial charge in [0.15, 0.2) is 0 Å². The van der Waals surface area contributed by atoms with E-state index in [1.165, 1.54) is 0 Å². The summed E-state index contributed by atoms with van der Waals surface area (Å²) < 4.78 is 0. The molecule has 19 heavy (non-hydrogen) atoms. The average molecular weight is 296 g/mol. The molecule has 0 saturated heterocycles. The Balaban J connectivity index is 2.51. The summed E-state index contributed by atoms with van der Waals surface area (Å²) in [7, 11) is 0. The molecular formula is C14H20N2OS2. The summed E-state index contributed by atoms with van der Waals surface area (Å²) in [6.45, 7) is 4.16. The molecule has 5 heteroatoms. The Hall–Kier alpha value is -1.07. The van der Waals surface area contributed by atoms with Gasteiger partial charge in [0.2, 0.25) is 0 Å². The lowest BCUT2D eigenvalue weighted by Gasteiger charge is -2.13. The van der Waals surface area contributed by atoms with E-state index in [0.29, 0.717) is 10.6 Å². The van der Waals surface area contributed by atoms with Crippen LogP contribution in [0.2, 0.25) is 0 Å². The zero-order valence-electron chi connectivity index (χ0n) is 11.3. The molecule has 3 nitrogen and oxygen atoms in total. The van der Waals surface area contributed by atoms with Crippen LogP contribution in [0.25, 0.3) is 0 Å². The van der Waals surface area contributed by atoms with E-state index < -0.39 is 0 Å². The fraction of sp³-hybridized carbons (Fsp3) is 0.429. The number of amides is 1. The predicted molar refractivity (Wildman–Crippen MR) is 86.9 cm³/mol. The van der Waals surface area contributed by atoms with Gasteiger partial charge < -0.3 is 11.1 Å². The van der Waals surface area contributed by atoms with Crippen molar-refractivity contribution in [2.45, 2.75) is 26.3 Å². The second-order valence-corrected chi connectivity index (χ2v) is 6.14. The Labute approximate surface area is 124 Å². The van der Waals surface area contributed by atoms with E-state index >= 15 is 0 Å². The van der Waals surface area contributed by atoms with E-state index in [1.807, 2.05) is 18.7 Å². The van der Waals surface area contributed by atoms with E-state index in [4.69, 9.17) is 18.0 Å². The number of carbonyl (C=O) groups is 1. The van der Waals surface area contributed by atoms with Gasteiger partial charge in [0.05, 0.1) is 0 Å². The first-order chi connectivity index (χ1) is 9.04. The number of carbonyl (C=O) groups excluding carboxylic acids is 1. The van der Waals surface area contributed by atoms with Crippen LogP contribution in [0.5, 0.6) is 0 Å². The van der Waals surface area contributed by atoms with Crippen LogP contribution in [-0.4, -0.2) is 28.4 Å². The summed E-state index contributed by atoms with van der Waals surface area (Å²) >= 11 is 6.76. The third-order valence-electron chi connectivity index (χ3n) is 2.71. The van der Waals surface area contributed by atoms with Gasteiger partial charge in [-0.15, -0.1) is 0 Å². The van der Waals surface area contributed by atoms with Crippen molar-refractivity contribution in [1.29, 1.82) is 0 Å². The smallest absolute Gasteiger partial charge is 0.251 e. The van der Waals surface area contributed by atoms with Crippen LogP contribution in [0, 0.1) is 0 Å². The fourth-order valence-electron chi connectivity index (χ4n) is 1.57. The first-order valence-corrected chi connectivity index (χ1v) is 7.89. The maximum Gasteiger partial charge on any atom is 0.251 e. The standard InChI is InChI=1S/C14H20N2OS2/c1-3-19-9-8-10(2)16-14(17)12-6-4-11(5-7-12)13(15)18/h4-7,10H,3,8-9H2,1-2H3,(H2,15,18)(H,16,17). The number of thiocarbonyl (C=S) groups is 1. The molecule has 0 aliphatic carbocycles. The number of hydrogen-bond acceptors (Lipinski definition) is 3. The van der Waals surface area contributed by atoms with Gasteiger partial charge in [0.1, 0.15) is 4.99 Å². The first-order valence-electron chi connectivity index (χ1n) is 6.33. The summed E-state index contributed by atoms with van der Waals surface area (Å²) in [5, 5.41) is 2.99. The predicted octanol–water partition coefficient (Wildman–Crippen LogP) is 2.58. The maximum absolute atomic E-state index is 12.0. The summed E-state index contributed by atoms with van der Waals surface area (Å²) in [4.78, 5) is 12.3. The summed E-state index contributed by atoms with van der Waals surface area (Å²) in [6.07, 6.45) is 0.981. The molecule has 1 aromatic rings. The molecule has 0 aliphatic heterocycles. The molecule has 0 spiro atoms. The molecule has 0 aliphatic rings. The molecule has 0 aromatic heterocycles. The molecule has 1 aromatic carbocycles. The number of hydrogen-bond donors (Lipinski definition) is 2. The maximum atomic E-state index is 12.0. The van der Waals surface area contributed by atoms with Crippen molar-refractivity contribution in [3.05, 3.63) is 35.4 Å². The topological polar surface area (TPSA) is 55.1 Å². The first kappa shape index (κ1) is 16.0. The van der Waals surface area contributed by atoms with Crippen LogP contribution in [0.15, 0.2) is 24.3 Å². The van der Waals surface area contributed by atoms with Crippen LogP contribution in [0.4, 0.5) is 0 Å². The lowest BCUT2D eigenvalue weighted by molar-refractivity contribution is 0.0939.